The van der Waals surface area contributed by atoms with Crippen LogP contribution in [0, 0.1) is 0 Å². The van der Waals surface area contributed by atoms with E-state index in [2.05, 4.69) is 12.2 Å². The fourth-order valence-electron chi connectivity index (χ4n) is 1.75. The second-order valence-electron chi connectivity index (χ2n) is 4.98. The molecule has 0 aromatic heterocycles. The highest BCUT2D eigenvalue weighted by molar-refractivity contribution is 5.70. The Hall–Kier alpha value is -0.610. The smallest absolute Gasteiger partial charge is 0.332 e. The molecule has 1 aliphatic heterocycles. The molecular formula is C13H25NO3. The van der Waals surface area contributed by atoms with E-state index in [0.717, 1.165) is 25.9 Å². The van der Waals surface area contributed by atoms with Crippen molar-refractivity contribution in [1.29, 1.82) is 0 Å². The Balaban J connectivity index is 1.90. The van der Waals surface area contributed by atoms with Crippen LogP contribution in [0.3, 0.4) is 0 Å². The van der Waals surface area contributed by atoms with Crippen LogP contribution < -0.4 is 5.32 Å². The lowest BCUT2D eigenvalue weighted by atomic mass is 10.0. The minimum atomic E-state index is -0.242. The summed E-state index contributed by atoms with van der Waals surface area (Å²) in [5.41, 5.74) is -0.167. The van der Waals surface area contributed by atoms with E-state index in [9.17, 15) is 4.79 Å². The first kappa shape index (κ1) is 14.5. The van der Waals surface area contributed by atoms with Crippen molar-refractivity contribution in [2.45, 2.75) is 51.6 Å². The van der Waals surface area contributed by atoms with Crippen molar-refractivity contribution in [2.75, 3.05) is 26.3 Å². The van der Waals surface area contributed by atoms with Gasteiger partial charge in [0.25, 0.3) is 0 Å². The summed E-state index contributed by atoms with van der Waals surface area (Å²) in [4.78, 5) is 11.4. The Labute approximate surface area is 104 Å². The second kappa shape index (κ2) is 7.67. The van der Waals surface area contributed by atoms with E-state index < -0.39 is 0 Å². The highest BCUT2D eigenvalue weighted by Gasteiger charge is 2.33. The van der Waals surface area contributed by atoms with Crippen molar-refractivity contribution in [2.24, 2.45) is 0 Å². The average Bonchev–Trinajstić information content (AvgIpc) is 2.28. The minimum Gasteiger partial charge on any atom is -0.464 e. The van der Waals surface area contributed by atoms with E-state index in [1.54, 1.807) is 0 Å². The van der Waals surface area contributed by atoms with Gasteiger partial charge in [-0.3, -0.25) is 0 Å². The summed E-state index contributed by atoms with van der Waals surface area (Å²) in [6, 6.07) is 0. The number of rotatable bonds is 9. The zero-order valence-corrected chi connectivity index (χ0v) is 11.1. The van der Waals surface area contributed by atoms with Gasteiger partial charge in [0.15, 0.2) is 0 Å². The number of carbonyl (C=O) groups is 1. The molecule has 1 saturated heterocycles. The third kappa shape index (κ3) is 6.03. The molecule has 17 heavy (non-hydrogen) atoms. The Morgan fingerprint density at radius 3 is 2.53 bits per heavy atom. The summed E-state index contributed by atoms with van der Waals surface area (Å²) in [5, 5.41) is 3.12. The molecule has 0 atom stereocenters. The van der Waals surface area contributed by atoms with Crippen LogP contribution in [0.25, 0.3) is 0 Å². The van der Waals surface area contributed by atoms with Gasteiger partial charge in [0.1, 0.15) is 6.61 Å². The van der Waals surface area contributed by atoms with Crippen molar-refractivity contribution in [1.82, 2.24) is 5.32 Å². The van der Waals surface area contributed by atoms with E-state index >= 15 is 0 Å². The van der Waals surface area contributed by atoms with Gasteiger partial charge in [-0.05, 0) is 13.3 Å². The number of hydrogen-bond acceptors (Lipinski definition) is 4. The SMILES string of the molecule is CCCCCCCOC(=O)COC1(C)CNC1. The second-order valence-corrected chi connectivity index (χ2v) is 4.98. The first-order valence-electron chi connectivity index (χ1n) is 6.66. The third-order valence-electron chi connectivity index (χ3n) is 3.05. The predicted molar refractivity (Wildman–Crippen MR) is 66.9 cm³/mol. The quantitative estimate of drug-likeness (QED) is 0.496. The minimum absolute atomic E-state index is 0.0765. The van der Waals surface area contributed by atoms with Gasteiger partial charge in [-0.1, -0.05) is 32.6 Å². The molecule has 1 fully saturated rings. The van der Waals surface area contributed by atoms with Crippen molar-refractivity contribution in [3.63, 3.8) is 0 Å². The number of ether oxygens (including phenoxy) is 2. The summed E-state index contributed by atoms with van der Waals surface area (Å²) in [7, 11) is 0. The van der Waals surface area contributed by atoms with E-state index in [4.69, 9.17) is 9.47 Å². The molecule has 0 aliphatic carbocycles. The molecule has 0 saturated carbocycles. The van der Waals surface area contributed by atoms with Gasteiger partial charge in [0.05, 0.1) is 12.2 Å². The molecule has 4 heteroatoms. The first-order chi connectivity index (χ1) is 8.16. The Morgan fingerprint density at radius 2 is 1.94 bits per heavy atom. The van der Waals surface area contributed by atoms with E-state index in [0.29, 0.717) is 6.61 Å². The lowest BCUT2D eigenvalue weighted by Gasteiger charge is -2.38. The highest BCUT2D eigenvalue weighted by Crippen LogP contribution is 2.14. The van der Waals surface area contributed by atoms with Crippen LogP contribution in [-0.2, 0) is 14.3 Å². The molecular weight excluding hydrogens is 218 g/mol. The normalized spacial score (nSPS) is 17.5. The van der Waals surface area contributed by atoms with Gasteiger partial charge < -0.3 is 14.8 Å². The maximum Gasteiger partial charge on any atom is 0.332 e. The molecule has 0 amide bonds. The molecule has 0 spiro atoms. The zero-order valence-electron chi connectivity index (χ0n) is 11.1. The number of hydrogen-bond donors (Lipinski definition) is 1. The van der Waals surface area contributed by atoms with Crippen molar-refractivity contribution < 1.29 is 14.3 Å². The summed E-state index contributed by atoms with van der Waals surface area (Å²) in [5.74, 6) is -0.242. The Kier molecular flexibility index (Phi) is 6.52. The fraction of sp³-hybridized carbons (Fsp3) is 0.923. The standard InChI is InChI=1S/C13H25NO3/c1-3-4-5-6-7-8-16-12(15)9-17-13(2)10-14-11-13/h14H,3-11H2,1-2H3. The number of carbonyl (C=O) groups excluding carboxylic acids is 1. The Morgan fingerprint density at radius 1 is 1.24 bits per heavy atom. The van der Waals surface area contributed by atoms with E-state index in [-0.39, 0.29) is 18.2 Å². The number of unbranched alkanes of at least 4 members (excludes halogenated alkanes) is 4. The zero-order chi connectivity index (χ0) is 12.6. The maximum atomic E-state index is 11.4. The van der Waals surface area contributed by atoms with Gasteiger partial charge in [-0.2, -0.15) is 0 Å². The lowest BCUT2D eigenvalue weighted by molar-refractivity contribution is -0.158. The van der Waals surface area contributed by atoms with Crippen molar-refractivity contribution in [3.8, 4) is 0 Å². The topological polar surface area (TPSA) is 47.6 Å². The van der Waals surface area contributed by atoms with E-state index in [1.165, 1.54) is 19.3 Å². The molecule has 1 rings (SSSR count). The van der Waals surface area contributed by atoms with Crippen LogP contribution in [0.2, 0.25) is 0 Å². The summed E-state index contributed by atoms with van der Waals surface area (Å²) < 4.78 is 10.6. The number of nitrogens with one attached hydrogen (secondary N) is 1. The fourth-order valence-corrected chi connectivity index (χ4v) is 1.75. The lowest BCUT2D eigenvalue weighted by Crippen LogP contribution is -2.59. The van der Waals surface area contributed by atoms with Gasteiger partial charge in [-0.15, -0.1) is 0 Å². The van der Waals surface area contributed by atoms with Crippen LogP contribution in [0.1, 0.15) is 46.0 Å². The molecule has 0 unspecified atom stereocenters. The molecule has 100 valence electrons. The summed E-state index contributed by atoms with van der Waals surface area (Å²) in [6.45, 7) is 6.43. The number of esters is 1. The molecule has 4 nitrogen and oxygen atoms in total. The Bertz CT molecular complexity index is 227. The largest absolute Gasteiger partial charge is 0.464 e. The van der Waals surface area contributed by atoms with Gasteiger partial charge in [-0.25, -0.2) is 4.79 Å². The summed E-state index contributed by atoms with van der Waals surface area (Å²) >= 11 is 0. The van der Waals surface area contributed by atoms with E-state index in [1.807, 2.05) is 6.92 Å². The van der Waals surface area contributed by atoms with Gasteiger partial charge >= 0.3 is 5.97 Å². The molecule has 0 bridgehead atoms. The van der Waals surface area contributed by atoms with Crippen LogP contribution in [0.5, 0.6) is 0 Å². The molecule has 1 heterocycles. The van der Waals surface area contributed by atoms with Crippen LogP contribution in [0.4, 0.5) is 0 Å². The molecule has 0 radical (unpaired) electrons. The predicted octanol–water partition coefficient (Wildman–Crippen LogP) is 1.88. The monoisotopic (exact) mass is 243 g/mol. The first-order valence-corrected chi connectivity index (χ1v) is 6.66. The van der Waals surface area contributed by atoms with Crippen molar-refractivity contribution >= 4 is 5.97 Å². The molecule has 0 aromatic carbocycles. The van der Waals surface area contributed by atoms with Crippen LogP contribution in [-0.4, -0.2) is 37.9 Å². The van der Waals surface area contributed by atoms with Crippen molar-refractivity contribution in [3.05, 3.63) is 0 Å². The highest BCUT2D eigenvalue weighted by atomic mass is 16.6. The van der Waals surface area contributed by atoms with Crippen LogP contribution in [0.15, 0.2) is 0 Å². The van der Waals surface area contributed by atoms with Gasteiger partial charge in [0, 0.05) is 13.1 Å². The van der Waals surface area contributed by atoms with Crippen LogP contribution >= 0.6 is 0 Å². The summed E-state index contributed by atoms with van der Waals surface area (Å²) in [6.07, 6.45) is 5.84. The average molecular weight is 243 g/mol. The molecule has 1 N–H and O–H groups in total. The molecule has 0 aromatic rings. The maximum absolute atomic E-state index is 11.4. The molecule has 1 aliphatic rings. The van der Waals surface area contributed by atoms with Gasteiger partial charge in [0.2, 0.25) is 0 Å². The third-order valence-corrected chi connectivity index (χ3v) is 3.05.